The highest BCUT2D eigenvalue weighted by atomic mass is 15.1. The van der Waals surface area contributed by atoms with E-state index in [2.05, 4.69) is 32.5 Å². The Labute approximate surface area is 118 Å². The topological polar surface area (TPSA) is 62.7 Å². The molecule has 0 radical (unpaired) electrons. The van der Waals surface area contributed by atoms with Crippen LogP contribution in [0.1, 0.15) is 43.1 Å². The Kier molecular flexibility index (Phi) is 3.50. The highest BCUT2D eigenvalue weighted by Gasteiger charge is 2.27. The lowest BCUT2D eigenvalue weighted by molar-refractivity contribution is 0.852. The number of pyridine rings is 1. The molecule has 1 unspecified atom stereocenters. The van der Waals surface area contributed by atoms with E-state index in [1.54, 1.807) is 0 Å². The number of hydrogen-bond donors (Lipinski definition) is 2. The first-order chi connectivity index (χ1) is 9.76. The molecule has 1 aliphatic carbocycles. The number of anilines is 2. The Morgan fingerprint density at radius 1 is 1.15 bits per heavy atom. The number of rotatable bonds is 5. The predicted octanol–water partition coefficient (Wildman–Crippen LogP) is 2.96. The van der Waals surface area contributed by atoms with Gasteiger partial charge in [0.2, 0.25) is 0 Å². The van der Waals surface area contributed by atoms with Gasteiger partial charge < -0.3 is 10.6 Å². The Bertz CT molecular complexity index is 580. The molecule has 2 aromatic heterocycles. The van der Waals surface area contributed by atoms with Crippen molar-refractivity contribution < 1.29 is 0 Å². The van der Waals surface area contributed by atoms with Crippen LogP contribution in [0, 0.1) is 0 Å². The summed E-state index contributed by atoms with van der Waals surface area (Å²) in [6.07, 6.45) is 6.02. The highest BCUT2D eigenvalue weighted by molar-refractivity contribution is 5.49. The zero-order valence-corrected chi connectivity index (χ0v) is 11.8. The molecule has 2 N–H and O–H groups in total. The Morgan fingerprint density at radius 2 is 1.85 bits per heavy atom. The summed E-state index contributed by atoms with van der Waals surface area (Å²) in [4.78, 5) is 13.2. The molecule has 1 atom stereocenters. The molecule has 0 amide bonds. The second-order valence-electron chi connectivity index (χ2n) is 5.17. The molecule has 20 heavy (non-hydrogen) atoms. The van der Waals surface area contributed by atoms with Crippen molar-refractivity contribution in [2.24, 2.45) is 0 Å². The van der Waals surface area contributed by atoms with E-state index in [9.17, 15) is 0 Å². The first-order valence-corrected chi connectivity index (χ1v) is 6.99. The standard InChI is InChI=1S/C15H19N5/c1-10(11-5-7-17-8-6-11)18-14-9-13(16-2)19-15(20-14)12-3-4-12/h5-10,12H,3-4H2,1-2H3,(H2,16,18,19,20). The van der Waals surface area contributed by atoms with Crippen LogP contribution >= 0.6 is 0 Å². The van der Waals surface area contributed by atoms with E-state index >= 15 is 0 Å². The van der Waals surface area contributed by atoms with Crippen molar-refractivity contribution in [1.82, 2.24) is 15.0 Å². The average molecular weight is 269 g/mol. The fraction of sp³-hybridized carbons (Fsp3) is 0.400. The number of nitrogens with one attached hydrogen (secondary N) is 2. The SMILES string of the molecule is CNc1cc(NC(C)c2ccncc2)nc(C2CC2)n1. The Balaban J connectivity index is 1.81. The van der Waals surface area contributed by atoms with Gasteiger partial charge in [-0.05, 0) is 37.5 Å². The molecule has 1 aliphatic rings. The van der Waals surface area contributed by atoms with Crippen LogP contribution in [-0.2, 0) is 0 Å². The first-order valence-electron chi connectivity index (χ1n) is 6.99. The molecule has 104 valence electrons. The lowest BCUT2D eigenvalue weighted by Gasteiger charge is -2.16. The summed E-state index contributed by atoms with van der Waals surface area (Å²) in [5.74, 6) is 3.23. The van der Waals surface area contributed by atoms with Crippen molar-refractivity contribution in [1.29, 1.82) is 0 Å². The van der Waals surface area contributed by atoms with Gasteiger partial charge in [-0.25, -0.2) is 9.97 Å². The van der Waals surface area contributed by atoms with Crippen LogP contribution in [0.4, 0.5) is 11.6 Å². The van der Waals surface area contributed by atoms with Crippen LogP contribution in [0.15, 0.2) is 30.6 Å². The fourth-order valence-corrected chi connectivity index (χ4v) is 2.15. The third kappa shape index (κ3) is 2.87. The average Bonchev–Trinajstić information content (AvgIpc) is 3.32. The largest absolute Gasteiger partial charge is 0.373 e. The Hall–Kier alpha value is -2.17. The lowest BCUT2D eigenvalue weighted by atomic mass is 10.1. The van der Waals surface area contributed by atoms with Gasteiger partial charge in [0.05, 0.1) is 6.04 Å². The van der Waals surface area contributed by atoms with Crippen molar-refractivity contribution in [3.63, 3.8) is 0 Å². The van der Waals surface area contributed by atoms with E-state index in [1.165, 1.54) is 18.4 Å². The van der Waals surface area contributed by atoms with Gasteiger partial charge in [-0.2, -0.15) is 0 Å². The summed E-state index contributed by atoms with van der Waals surface area (Å²) in [5, 5.41) is 6.54. The van der Waals surface area contributed by atoms with Gasteiger partial charge in [-0.15, -0.1) is 0 Å². The van der Waals surface area contributed by atoms with E-state index in [4.69, 9.17) is 0 Å². The lowest BCUT2D eigenvalue weighted by Crippen LogP contribution is -2.10. The summed E-state index contributed by atoms with van der Waals surface area (Å²) in [7, 11) is 1.88. The fourth-order valence-electron chi connectivity index (χ4n) is 2.15. The van der Waals surface area contributed by atoms with E-state index in [-0.39, 0.29) is 6.04 Å². The van der Waals surface area contributed by atoms with Gasteiger partial charge in [-0.1, -0.05) is 0 Å². The monoisotopic (exact) mass is 269 g/mol. The van der Waals surface area contributed by atoms with Crippen LogP contribution in [0.2, 0.25) is 0 Å². The predicted molar refractivity (Wildman–Crippen MR) is 79.8 cm³/mol. The molecule has 0 saturated heterocycles. The summed E-state index contributed by atoms with van der Waals surface area (Å²) >= 11 is 0. The minimum Gasteiger partial charge on any atom is -0.373 e. The van der Waals surface area contributed by atoms with Crippen molar-refractivity contribution in [2.45, 2.75) is 31.7 Å². The molecule has 1 fully saturated rings. The highest BCUT2D eigenvalue weighted by Crippen LogP contribution is 2.39. The minimum absolute atomic E-state index is 0.185. The molecule has 0 spiro atoms. The van der Waals surface area contributed by atoms with Crippen molar-refractivity contribution in [3.8, 4) is 0 Å². The third-order valence-electron chi connectivity index (χ3n) is 3.51. The van der Waals surface area contributed by atoms with Crippen LogP contribution in [0.3, 0.4) is 0 Å². The molecular weight excluding hydrogens is 250 g/mol. The second kappa shape index (κ2) is 5.45. The zero-order valence-electron chi connectivity index (χ0n) is 11.8. The van der Waals surface area contributed by atoms with Crippen molar-refractivity contribution in [2.75, 3.05) is 17.7 Å². The van der Waals surface area contributed by atoms with Gasteiger partial charge in [0.15, 0.2) is 0 Å². The van der Waals surface area contributed by atoms with E-state index in [0.29, 0.717) is 5.92 Å². The van der Waals surface area contributed by atoms with Gasteiger partial charge in [0.1, 0.15) is 17.5 Å². The van der Waals surface area contributed by atoms with Crippen molar-refractivity contribution >= 4 is 11.6 Å². The van der Waals surface area contributed by atoms with Crippen LogP contribution in [0.5, 0.6) is 0 Å². The molecule has 0 bridgehead atoms. The van der Waals surface area contributed by atoms with Gasteiger partial charge in [0, 0.05) is 31.4 Å². The summed E-state index contributed by atoms with van der Waals surface area (Å²) in [6, 6.07) is 6.16. The maximum atomic E-state index is 4.63. The van der Waals surface area contributed by atoms with E-state index in [0.717, 1.165) is 17.5 Å². The van der Waals surface area contributed by atoms with E-state index < -0.39 is 0 Å². The normalized spacial score (nSPS) is 15.7. The van der Waals surface area contributed by atoms with Gasteiger partial charge >= 0.3 is 0 Å². The molecule has 2 heterocycles. The number of nitrogens with zero attached hydrogens (tertiary/aromatic N) is 3. The van der Waals surface area contributed by atoms with Crippen LogP contribution in [0.25, 0.3) is 0 Å². The molecule has 2 aromatic rings. The third-order valence-corrected chi connectivity index (χ3v) is 3.51. The van der Waals surface area contributed by atoms with Crippen LogP contribution < -0.4 is 10.6 Å². The summed E-state index contributed by atoms with van der Waals surface area (Å²) < 4.78 is 0. The smallest absolute Gasteiger partial charge is 0.136 e. The second-order valence-corrected chi connectivity index (χ2v) is 5.17. The van der Waals surface area contributed by atoms with E-state index in [1.807, 2.05) is 37.6 Å². The van der Waals surface area contributed by atoms with Gasteiger partial charge in [0.25, 0.3) is 0 Å². The molecule has 5 nitrogen and oxygen atoms in total. The quantitative estimate of drug-likeness (QED) is 0.873. The zero-order chi connectivity index (χ0) is 13.9. The summed E-state index contributed by atoms with van der Waals surface area (Å²) in [5.41, 5.74) is 1.19. The van der Waals surface area contributed by atoms with Crippen molar-refractivity contribution in [3.05, 3.63) is 42.0 Å². The number of aromatic nitrogens is 3. The van der Waals surface area contributed by atoms with Gasteiger partial charge in [-0.3, -0.25) is 4.98 Å². The molecule has 3 rings (SSSR count). The van der Waals surface area contributed by atoms with Crippen LogP contribution in [-0.4, -0.2) is 22.0 Å². The number of hydrogen-bond acceptors (Lipinski definition) is 5. The molecule has 0 aromatic carbocycles. The molecular formula is C15H19N5. The maximum Gasteiger partial charge on any atom is 0.136 e. The maximum absolute atomic E-state index is 4.63. The molecule has 0 aliphatic heterocycles. The molecule has 5 heteroatoms. The summed E-state index contributed by atoms with van der Waals surface area (Å²) in [6.45, 7) is 2.12. The molecule has 1 saturated carbocycles. The Morgan fingerprint density at radius 3 is 2.50 bits per heavy atom. The first kappa shape index (κ1) is 12.8. The minimum atomic E-state index is 0.185.